The topological polar surface area (TPSA) is 17.1 Å². The van der Waals surface area contributed by atoms with E-state index in [0.717, 1.165) is 11.1 Å². The summed E-state index contributed by atoms with van der Waals surface area (Å²) in [6.07, 6.45) is 0. The molecule has 0 N–H and O–H groups in total. The van der Waals surface area contributed by atoms with E-state index in [1.54, 1.807) is 0 Å². The third-order valence-electron chi connectivity index (χ3n) is 1.63. The Bertz CT molecular complexity index is 231. The summed E-state index contributed by atoms with van der Waals surface area (Å²) >= 11 is 0. The van der Waals surface area contributed by atoms with Gasteiger partial charge in [-0.3, -0.25) is 4.79 Å². The van der Waals surface area contributed by atoms with Gasteiger partial charge in [-0.1, -0.05) is 20.8 Å². The van der Waals surface area contributed by atoms with Crippen LogP contribution in [0, 0.1) is 6.92 Å². The zero-order valence-corrected chi connectivity index (χ0v) is 6.41. The zero-order chi connectivity index (χ0) is 7.23. The summed E-state index contributed by atoms with van der Waals surface area (Å²) in [6.45, 7) is 8.09. The molecule has 0 aromatic heterocycles. The lowest BCUT2D eigenvalue weighted by molar-refractivity contribution is 0.600. The summed E-state index contributed by atoms with van der Waals surface area (Å²) < 4.78 is 0. The van der Waals surface area contributed by atoms with Crippen LogP contribution in [-0.2, 0) is 5.41 Å². The first-order valence-corrected chi connectivity index (χ1v) is 3.20. The summed E-state index contributed by atoms with van der Waals surface area (Å²) in [4.78, 5) is 10.8. The Hall–Kier alpha value is -0.590. The normalized spacial score (nSPS) is 12.9. The molecular formula is C8H12O. The number of hydrogen-bond donors (Lipinski definition) is 0. The van der Waals surface area contributed by atoms with E-state index in [4.69, 9.17) is 0 Å². The Balaban J connectivity index is 2.93. The Morgan fingerprint density at radius 1 is 1.22 bits per heavy atom. The molecule has 0 bridgehead atoms. The summed E-state index contributed by atoms with van der Waals surface area (Å²) in [5.74, 6) is 0. The van der Waals surface area contributed by atoms with E-state index >= 15 is 0 Å². The van der Waals surface area contributed by atoms with E-state index in [1.807, 2.05) is 6.92 Å². The smallest absolute Gasteiger partial charge is 0.186 e. The maximum Gasteiger partial charge on any atom is 0.186 e. The second-order valence-electron chi connectivity index (χ2n) is 3.58. The molecule has 0 amide bonds. The fourth-order valence-electron chi connectivity index (χ4n) is 1.16. The fraction of sp³-hybridized carbons (Fsp3) is 0.625. The molecule has 1 aromatic rings. The molecule has 1 nitrogen and oxygen atoms in total. The van der Waals surface area contributed by atoms with Gasteiger partial charge in [-0.05, 0) is 12.3 Å². The van der Waals surface area contributed by atoms with Gasteiger partial charge in [0.05, 0.1) is 0 Å². The van der Waals surface area contributed by atoms with Crippen LogP contribution >= 0.6 is 0 Å². The van der Waals surface area contributed by atoms with E-state index in [0.29, 0.717) is 0 Å². The van der Waals surface area contributed by atoms with Gasteiger partial charge in [-0.2, -0.15) is 0 Å². The third-order valence-corrected chi connectivity index (χ3v) is 1.63. The molecule has 1 rings (SSSR count). The highest BCUT2D eigenvalue weighted by molar-refractivity contribution is 5.42. The van der Waals surface area contributed by atoms with Gasteiger partial charge in [0.2, 0.25) is 0 Å². The van der Waals surface area contributed by atoms with Gasteiger partial charge in [-0.25, -0.2) is 0 Å². The van der Waals surface area contributed by atoms with Gasteiger partial charge in [0, 0.05) is 11.1 Å². The Morgan fingerprint density at radius 3 is 1.56 bits per heavy atom. The molecule has 0 spiro atoms. The molecule has 0 aliphatic rings. The van der Waals surface area contributed by atoms with Gasteiger partial charge in [0.1, 0.15) is 0 Å². The minimum absolute atomic E-state index is 0.0845. The largest absolute Gasteiger partial charge is 0.289 e. The average molecular weight is 124 g/mol. The van der Waals surface area contributed by atoms with Gasteiger partial charge in [-0.15, -0.1) is 0 Å². The van der Waals surface area contributed by atoms with Crippen LogP contribution in [0.5, 0.6) is 0 Å². The van der Waals surface area contributed by atoms with Crippen molar-refractivity contribution in [3.05, 3.63) is 21.4 Å². The molecule has 0 aliphatic heterocycles. The van der Waals surface area contributed by atoms with Crippen molar-refractivity contribution in [1.29, 1.82) is 0 Å². The lowest BCUT2D eigenvalue weighted by atomic mass is 9.93. The SMILES string of the molecule is Cc1c(C(C)(C)C)c1=O. The highest BCUT2D eigenvalue weighted by Gasteiger charge is 2.28. The molecule has 0 radical (unpaired) electrons. The van der Waals surface area contributed by atoms with Crippen LogP contribution in [0.25, 0.3) is 0 Å². The van der Waals surface area contributed by atoms with Crippen LogP contribution in [0.3, 0.4) is 0 Å². The van der Waals surface area contributed by atoms with E-state index in [-0.39, 0.29) is 10.8 Å². The zero-order valence-electron chi connectivity index (χ0n) is 6.41. The first kappa shape index (κ1) is 6.53. The molecule has 0 unspecified atom stereocenters. The lowest BCUT2D eigenvalue weighted by Crippen LogP contribution is -2.08. The Morgan fingerprint density at radius 2 is 1.56 bits per heavy atom. The molecule has 0 fully saturated rings. The standard InChI is InChI=1S/C8H12O/c1-5-6(7(5)9)8(2,3)4/h1-4H3. The van der Waals surface area contributed by atoms with Gasteiger partial charge in [0.25, 0.3) is 0 Å². The van der Waals surface area contributed by atoms with Crippen molar-refractivity contribution in [3.8, 4) is 0 Å². The predicted molar refractivity (Wildman–Crippen MR) is 38.5 cm³/mol. The molecule has 1 heteroatoms. The van der Waals surface area contributed by atoms with Crippen LogP contribution in [0.4, 0.5) is 0 Å². The van der Waals surface area contributed by atoms with Crippen LogP contribution in [0.1, 0.15) is 31.9 Å². The van der Waals surface area contributed by atoms with Crippen molar-refractivity contribution in [3.63, 3.8) is 0 Å². The van der Waals surface area contributed by atoms with E-state index in [2.05, 4.69) is 20.8 Å². The first-order chi connectivity index (χ1) is 3.94. The highest BCUT2D eigenvalue weighted by atomic mass is 16.1. The van der Waals surface area contributed by atoms with Crippen molar-refractivity contribution < 1.29 is 0 Å². The molecule has 0 atom stereocenters. The van der Waals surface area contributed by atoms with Crippen molar-refractivity contribution in [2.24, 2.45) is 0 Å². The molecule has 0 aliphatic carbocycles. The maximum atomic E-state index is 10.8. The number of rotatable bonds is 0. The quantitative estimate of drug-likeness (QED) is 0.512. The summed E-state index contributed by atoms with van der Waals surface area (Å²) in [5.41, 5.74) is 2.37. The van der Waals surface area contributed by atoms with Crippen LogP contribution in [0.2, 0.25) is 0 Å². The molecule has 50 valence electrons. The fourth-order valence-corrected chi connectivity index (χ4v) is 1.16. The van der Waals surface area contributed by atoms with E-state index < -0.39 is 0 Å². The highest BCUT2D eigenvalue weighted by Crippen LogP contribution is 2.25. The van der Waals surface area contributed by atoms with Crippen molar-refractivity contribution in [2.75, 3.05) is 0 Å². The van der Waals surface area contributed by atoms with Crippen molar-refractivity contribution in [1.82, 2.24) is 0 Å². The monoisotopic (exact) mass is 124 g/mol. The van der Waals surface area contributed by atoms with Crippen LogP contribution < -0.4 is 5.43 Å². The lowest BCUT2D eigenvalue weighted by Gasteiger charge is -2.10. The molecule has 0 heterocycles. The number of hydrogen-bond acceptors (Lipinski definition) is 1. The van der Waals surface area contributed by atoms with Crippen LogP contribution in [0.15, 0.2) is 4.79 Å². The molecule has 9 heavy (non-hydrogen) atoms. The van der Waals surface area contributed by atoms with Gasteiger partial charge < -0.3 is 0 Å². The second kappa shape index (κ2) is 1.47. The average Bonchev–Trinajstić information content (AvgIpc) is 2.11. The molecule has 0 saturated carbocycles. The third kappa shape index (κ3) is 0.913. The van der Waals surface area contributed by atoms with E-state index in [1.165, 1.54) is 0 Å². The molecular weight excluding hydrogens is 112 g/mol. The van der Waals surface area contributed by atoms with Gasteiger partial charge in [0.15, 0.2) is 5.43 Å². The second-order valence-corrected chi connectivity index (χ2v) is 3.58. The van der Waals surface area contributed by atoms with E-state index in [9.17, 15) is 4.79 Å². The minimum Gasteiger partial charge on any atom is -0.289 e. The Labute approximate surface area is 55.4 Å². The van der Waals surface area contributed by atoms with Gasteiger partial charge >= 0.3 is 0 Å². The summed E-state index contributed by atoms with van der Waals surface area (Å²) in [6, 6.07) is 0. The maximum absolute atomic E-state index is 10.8. The predicted octanol–water partition coefficient (Wildman–Crippen LogP) is 1.53. The van der Waals surface area contributed by atoms with Crippen molar-refractivity contribution >= 4 is 0 Å². The molecule has 0 saturated heterocycles. The minimum atomic E-state index is 0.0845. The summed E-state index contributed by atoms with van der Waals surface area (Å²) in [7, 11) is 0. The van der Waals surface area contributed by atoms with Crippen LogP contribution in [-0.4, -0.2) is 0 Å². The Kier molecular flexibility index (Phi) is 1.06. The first-order valence-electron chi connectivity index (χ1n) is 3.20. The van der Waals surface area contributed by atoms with Crippen molar-refractivity contribution in [2.45, 2.75) is 33.1 Å². The summed E-state index contributed by atoms with van der Waals surface area (Å²) in [5, 5.41) is 0. The molecule has 1 aromatic carbocycles.